The van der Waals surface area contributed by atoms with Gasteiger partial charge < -0.3 is 92.6 Å². The third-order valence-corrected chi connectivity index (χ3v) is 28.7. The zero-order valence-electron chi connectivity index (χ0n) is 85.4. The standard InChI is InChI=1S/C112H151O25P5/c1-14-19-66-113-71-76-118-81-86-123-138(128-99-30-26-24-27-31-99)130-101-50-34-91(35-51-101)109(6,7)93-38-54-103(55-39-93)132-140(125-88-83-120-78-73-115-68-21-16-3)134-105-58-42-95(43-59-105)111(10,11)97-46-62-107(63-47-97)136-142(127-90-85-122-80-75-117-70-23-18-5)137-108-64-48-98(49-65-108)112(12,13)96-44-60-106(61-45-96)135-141(126-89-84-121-79-74-116-69-22-17-4)133-104-56-40-94(41-57-104)110(8,9)92-36-52-102(53-37-92)131-139(129-100-32-28-25-29-33-100)124-87-82-119-77-72-114-67-20-15-2/h24-65H,14-23,66-90H2,1-13H3. The van der Waals surface area contributed by atoms with Crippen LogP contribution < -0.4 is 45.2 Å². The molecule has 30 heteroatoms. The number of hydrogen-bond donors (Lipinski definition) is 0. The van der Waals surface area contributed by atoms with E-state index in [1.54, 1.807) is 0 Å². The van der Waals surface area contributed by atoms with Crippen LogP contribution in [0.1, 0.15) is 199 Å². The fourth-order valence-corrected chi connectivity index (χ4v) is 18.8. The van der Waals surface area contributed by atoms with Crippen LogP contribution in [0.15, 0.2) is 255 Å². The van der Waals surface area contributed by atoms with Crippen LogP contribution in [0.25, 0.3) is 0 Å². The van der Waals surface area contributed by atoms with Crippen LogP contribution in [-0.4, -0.2) is 165 Å². The summed E-state index contributed by atoms with van der Waals surface area (Å²) in [7, 11) is -9.45. The van der Waals surface area contributed by atoms with Crippen molar-refractivity contribution in [1.82, 2.24) is 0 Å². The molecule has 0 saturated heterocycles. The SMILES string of the molecule is CCCCOCCOCCOP(Oc1ccccc1)Oc1ccc(C(C)(C)c2ccc(OP(OCCOCCOCCCC)Oc3ccc(C(C)(C)c4ccc(OP(OCCOCCOCCCC)Oc5ccc(C(C)(C)c6ccc(OP(OCCOCCOCCCC)Oc7ccc(C(C)(C)c8ccc(OP(OCCOCCOCCCC)Oc9ccccc9)cc8)cc7)cc6)cc5)cc4)cc3)cc2)cc1. The Balaban J connectivity index is 0.752. The van der Waals surface area contributed by atoms with Crippen LogP contribution in [0, 0.1) is 0 Å². The molecule has 25 nitrogen and oxygen atoms in total. The molecule has 0 aromatic heterocycles. The van der Waals surface area contributed by atoms with Gasteiger partial charge in [-0.05, 0) is 198 Å². The Hall–Kier alpha value is -8.25. The highest BCUT2D eigenvalue weighted by molar-refractivity contribution is 7.43. The van der Waals surface area contributed by atoms with Crippen LogP contribution in [0.5, 0.6) is 57.5 Å². The first-order valence-corrected chi connectivity index (χ1v) is 55.4. The van der Waals surface area contributed by atoms with Crippen molar-refractivity contribution in [1.29, 1.82) is 0 Å². The molecule has 0 saturated carbocycles. The van der Waals surface area contributed by atoms with E-state index in [-0.39, 0.29) is 19.8 Å². The van der Waals surface area contributed by atoms with E-state index in [9.17, 15) is 0 Å². The molecule has 10 rings (SSSR count). The van der Waals surface area contributed by atoms with Crippen LogP contribution in [-0.2, 0) is 91.6 Å². The smallest absolute Gasteiger partial charge is 0.418 e. The maximum absolute atomic E-state index is 6.60. The third-order valence-electron chi connectivity index (χ3n) is 23.1. The summed E-state index contributed by atoms with van der Waals surface area (Å²) in [5, 5.41) is 0. The normalized spacial score (nSPS) is 13.0. The molecule has 0 fully saturated rings. The van der Waals surface area contributed by atoms with E-state index in [4.69, 9.17) is 115 Å². The van der Waals surface area contributed by atoms with Crippen molar-refractivity contribution in [2.75, 3.05) is 165 Å². The molecular weight excluding hydrogens is 1900 g/mol. The van der Waals surface area contributed by atoms with Crippen molar-refractivity contribution in [2.45, 2.75) is 176 Å². The van der Waals surface area contributed by atoms with Crippen LogP contribution in [0.4, 0.5) is 0 Å². The predicted molar refractivity (Wildman–Crippen MR) is 566 cm³/mol. The van der Waals surface area contributed by atoms with Crippen LogP contribution in [0.3, 0.4) is 0 Å². The largest absolute Gasteiger partial charge is 0.463 e. The first kappa shape index (κ1) is 116. The van der Waals surface area contributed by atoms with Gasteiger partial charge in [0.2, 0.25) is 0 Å². The van der Waals surface area contributed by atoms with Gasteiger partial charge in [0.15, 0.2) is 0 Å². The van der Waals surface area contributed by atoms with Gasteiger partial charge in [-0.3, -0.25) is 22.6 Å². The number of benzene rings is 10. The molecule has 10 aromatic carbocycles. The van der Waals surface area contributed by atoms with Crippen molar-refractivity contribution in [3.8, 4) is 57.5 Å². The summed E-state index contributed by atoms with van der Waals surface area (Å²) in [5.41, 5.74) is 6.83. The van der Waals surface area contributed by atoms with E-state index in [2.05, 4.69) is 187 Å². The van der Waals surface area contributed by atoms with Crippen LogP contribution >= 0.6 is 43.0 Å². The second-order valence-electron chi connectivity index (χ2n) is 35.4. The summed E-state index contributed by atoms with van der Waals surface area (Å²) < 4.78 is 153. The molecular formula is C112H151O25P5. The van der Waals surface area contributed by atoms with E-state index in [0.717, 1.165) is 122 Å². The summed E-state index contributed by atoms with van der Waals surface area (Å²) >= 11 is 0. The lowest BCUT2D eigenvalue weighted by Gasteiger charge is -2.27. The van der Waals surface area contributed by atoms with Gasteiger partial charge in [0.05, 0.1) is 132 Å². The predicted octanol–water partition coefficient (Wildman–Crippen LogP) is 28.7. The van der Waals surface area contributed by atoms with Gasteiger partial charge in [0.1, 0.15) is 57.5 Å². The number of para-hydroxylation sites is 2. The molecule has 0 aliphatic rings. The van der Waals surface area contributed by atoms with Gasteiger partial charge in [0, 0.05) is 54.7 Å². The van der Waals surface area contributed by atoms with Crippen molar-refractivity contribution in [3.63, 3.8) is 0 Å². The summed E-state index contributed by atoms with van der Waals surface area (Å²) in [6, 6.07) is 83.3. The zero-order chi connectivity index (χ0) is 100. The van der Waals surface area contributed by atoms with E-state index in [0.29, 0.717) is 190 Å². The Labute approximate surface area is 851 Å². The highest BCUT2D eigenvalue weighted by atomic mass is 31.2. The minimum Gasteiger partial charge on any atom is -0.418 e. The molecule has 0 amide bonds. The molecule has 0 spiro atoms. The molecule has 0 bridgehead atoms. The number of unbranched alkanes of at least 4 members (excludes halogenated alkanes) is 5. The fraction of sp³-hybridized carbons (Fsp3) is 0.464. The minimum absolute atomic E-state index is 0.227. The molecule has 0 heterocycles. The van der Waals surface area contributed by atoms with Gasteiger partial charge in [0.25, 0.3) is 0 Å². The molecule has 0 radical (unpaired) electrons. The van der Waals surface area contributed by atoms with Gasteiger partial charge in [-0.15, -0.1) is 0 Å². The second kappa shape index (κ2) is 66.1. The Morgan fingerprint density at radius 3 is 0.401 bits per heavy atom. The molecule has 774 valence electrons. The molecule has 0 N–H and O–H groups in total. The van der Waals surface area contributed by atoms with Crippen molar-refractivity contribution < 1.29 is 115 Å². The summed E-state index contributed by atoms with van der Waals surface area (Å²) in [4.78, 5) is 0. The lowest BCUT2D eigenvalue weighted by molar-refractivity contribution is 0.0346. The Bertz CT molecular complexity index is 4630. The van der Waals surface area contributed by atoms with Gasteiger partial charge >= 0.3 is 43.0 Å². The third kappa shape index (κ3) is 42.3. The van der Waals surface area contributed by atoms with E-state index >= 15 is 0 Å². The van der Waals surface area contributed by atoms with Gasteiger partial charge in [-0.1, -0.05) is 256 Å². The Morgan fingerprint density at radius 1 is 0.148 bits per heavy atom. The van der Waals surface area contributed by atoms with Crippen molar-refractivity contribution in [2.24, 2.45) is 0 Å². The molecule has 4 atom stereocenters. The first-order chi connectivity index (χ1) is 69.2. The molecule has 4 unspecified atom stereocenters. The average Bonchev–Trinajstić information content (AvgIpc) is 0.807. The summed E-state index contributed by atoms with van der Waals surface area (Å²) in [5.74, 6) is 6.02. The highest BCUT2D eigenvalue weighted by Crippen LogP contribution is 2.50. The molecule has 0 aliphatic heterocycles. The zero-order valence-corrected chi connectivity index (χ0v) is 89.9. The average molecular weight is 2050 g/mol. The number of hydrogen-bond acceptors (Lipinski definition) is 25. The number of rotatable bonds is 78. The monoisotopic (exact) mass is 2050 g/mol. The van der Waals surface area contributed by atoms with E-state index < -0.39 is 64.7 Å². The fourth-order valence-electron chi connectivity index (χ4n) is 14.0. The maximum atomic E-state index is 6.60. The Morgan fingerprint density at radius 2 is 0.268 bits per heavy atom. The first-order valence-electron chi connectivity index (χ1n) is 49.9. The van der Waals surface area contributed by atoms with Gasteiger partial charge in [-0.2, -0.15) is 0 Å². The highest BCUT2D eigenvalue weighted by Gasteiger charge is 2.32. The molecule has 10 aromatic rings. The summed E-state index contributed by atoms with van der Waals surface area (Å²) in [6.07, 6.45) is 10.5. The van der Waals surface area contributed by atoms with Crippen LogP contribution in [0.2, 0.25) is 0 Å². The maximum Gasteiger partial charge on any atom is 0.463 e. The van der Waals surface area contributed by atoms with Crippen molar-refractivity contribution in [3.05, 3.63) is 299 Å². The topological polar surface area (TPSA) is 231 Å². The summed E-state index contributed by atoms with van der Waals surface area (Å²) in [6.45, 7) is 39.7. The Kier molecular flexibility index (Phi) is 53.8. The number of ether oxygens (including phenoxy) is 10. The molecule has 142 heavy (non-hydrogen) atoms. The second-order valence-corrected chi connectivity index (χ2v) is 40.8. The molecule has 0 aliphatic carbocycles. The quantitative estimate of drug-likeness (QED) is 0.0255. The minimum atomic E-state index is -1.97. The van der Waals surface area contributed by atoms with Crippen molar-refractivity contribution >= 4 is 43.0 Å². The lowest BCUT2D eigenvalue weighted by atomic mass is 9.78. The van der Waals surface area contributed by atoms with E-state index in [1.165, 1.54) is 0 Å². The van der Waals surface area contributed by atoms with E-state index in [1.807, 2.05) is 158 Å². The van der Waals surface area contributed by atoms with Gasteiger partial charge in [-0.25, -0.2) is 0 Å². The lowest BCUT2D eigenvalue weighted by Crippen LogP contribution is -2.18.